The number of alkyl halides is 3. The van der Waals surface area contributed by atoms with Crippen molar-refractivity contribution < 1.29 is 18.0 Å². The molecule has 21 heavy (non-hydrogen) atoms. The number of aromatic nitrogens is 1. The summed E-state index contributed by atoms with van der Waals surface area (Å²) in [6.45, 7) is 1.86. The van der Waals surface area contributed by atoms with Crippen molar-refractivity contribution in [3.63, 3.8) is 0 Å². The summed E-state index contributed by atoms with van der Waals surface area (Å²) in [5.74, 6) is 0.352. The Labute approximate surface area is 119 Å². The standard InChI is InChI=1S/C14H12F3N3O/c1-9-2-7-12(18-8-9)20-13(21)19-11-5-3-10(4-6-11)14(15,16)17/h2-8H,1H3,(H2,18,19,20,21). The maximum atomic E-state index is 12.4. The minimum atomic E-state index is -4.40. The summed E-state index contributed by atoms with van der Waals surface area (Å²) in [5, 5.41) is 4.91. The van der Waals surface area contributed by atoms with Crippen molar-refractivity contribution in [2.24, 2.45) is 0 Å². The summed E-state index contributed by atoms with van der Waals surface area (Å²) in [7, 11) is 0. The molecule has 0 saturated carbocycles. The molecular weight excluding hydrogens is 283 g/mol. The van der Waals surface area contributed by atoms with Crippen LogP contribution in [0.3, 0.4) is 0 Å². The number of nitrogens with zero attached hydrogens (tertiary/aromatic N) is 1. The second-order valence-electron chi connectivity index (χ2n) is 4.38. The number of carbonyl (C=O) groups excluding carboxylic acids is 1. The van der Waals surface area contributed by atoms with Crippen LogP contribution in [0.25, 0.3) is 0 Å². The van der Waals surface area contributed by atoms with E-state index in [0.717, 1.165) is 17.7 Å². The number of benzene rings is 1. The lowest BCUT2D eigenvalue weighted by atomic mass is 10.2. The van der Waals surface area contributed by atoms with Gasteiger partial charge in [0.05, 0.1) is 5.56 Å². The Kier molecular flexibility index (Phi) is 4.11. The quantitative estimate of drug-likeness (QED) is 0.878. The Bertz CT molecular complexity index is 621. The number of pyridine rings is 1. The van der Waals surface area contributed by atoms with Gasteiger partial charge in [-0.05, 0) is 42.8 Å². The highest BCUT2D eigenvalue weighted by molar-refractivity contribution is 5.99. The van der Waals surface area contributed by atoms with Crippen molar-refractivity contribution in [3.05, 3.63) is 53.7 Å². The Morgan fingerprint density at radius 1 is 1.05 bits per heavy atom. The Balaban J connectivity index is 1.98. The molecule has 0 bridgehead atoms. The number of halogens is 3. The number of urea groups is 1. The van der Waals surface area contributed by atoms with Crippen molar-refractivity contribution in [3.8, 4) is 0 Å². The van der Waals surface area contributed by atoms with Gasteiger partial charge in [0.1, 0.15) is 5.82 Å². The van der Waals surface area contributed by atoms with Crippen molar-refractivity contribution in [1.29, 1.82) is 0 Å². The van der Waals surface area contributed by atoms with E-state index in [1.54, 1.807) is 18.3 Å². The van der Waals surface area contributed by atoms with E-state index in [-0.39, 0.29) is 5.69 Å². The van der Waals surface area contributed by atoms with Gasteiger partial charge in [0, 0.05) is 11.9 Å². The van der Waals surface area contributed by atoms with Crippen molar-refractivity contribution in [2.75, 3.05) is 10.6 Å². The Morgan fingerprint density at radius 2 is 1.71 bits per heavy atom. The first-order valence-electron chi connectivity index (χ1n) is 6.02. The number of hydrogen-bond acceptors (Lipinski definition) is 2. The van der Waals surface area contributed by atoms with Crippen LogP contribution in [-0.2, 0) is 6.18 Å². The fourth-order valence-electron chi connectivity index (χ4n) is 1.56. The molecule has 1 aromatic carbocycles. The molecule has 0 fully saturated rings. The van der Waals surface area contributed by atoms with Crippen molar-refractivity contribution in [1.82, 2.24) is 4.98 Å². The smallest absolute Gasteiger partial charge is 0.308 e. The highest BCUT2D eigenvalue weighted by atomic mass is 19.4. The summed E-state index contributed by atoms with van der Waals surface area (Å²) in [5.41, 5.74) is 0.435. The van der Waals surface area contributed by atoms with Gasteiger partial charge >= 0.3 is 12.2 Å². The first-order chi connectivity index (χ1) is 9.84. The molecule has 0 aliphatic carbocycles. The first-order valence-corrected chi connectivity index (χ1v) is 6.02. The lowest BCUT2D eigenvalue weighted by Crippen LogP contribution is -2.20. The largest absolute Gasteiger partial charge is 0.416 e. The molecule has 0 atom stereocenters. The highest BCUT2D eigenvalue weighted by Crippen LogP contribution is 2.29. The van der Waals surface area contributed by atoms with E-state index >= 15 is 0 Å². The van der Waals surface area contributed by atoms with E-state index in [1.807, 2.05) is 6.92 Å². The van der Waals surface area contributed by atoms with Crippen LogP contribution < -0.4 is 10.6 Å². The van der Waals surface area contributed by atoms with Crippen molar-refractivity contribution in [2.45, 2.75) is 13.1 Å². The van der Waals surface area contributed by atoms with Crippen molar-refractivity contribution >= 4 is 17.5 Å². The second kappa shape index (κ2) is 5.82. The molecule has 0 spiro atoms. The molecule has 110 valence electrons. The van der Waals surface area contributed by atoms with Gasteiger partial charge in [-0.3, -0.25) is 5.32 Å². The summed E-state index contributed by atoms with van der Waals surface area (Å²) in [6, 6.07) is 7.00. The molecule has 2 aromatic rings. The number of nitrogens with one attached hydrogen (secondary N) is 2. The van der Waals surface area contributed by atoms with Crippen LogP contribution in [-0.4, -0.2) is 11.0 Å². The average Bonchev–Trinajstić information content (AvgIpc) is 2.41. The van der Waals surface area contributed by atoms with Gasteiger partial charge in [0.2, 0.25) is 0 Å². The molecular formula is C14H12F3N3O. The third-order valence-corrected chi connectivity index (χ3v) is 2.62. The van der Waals surface area contributed by atoms with E-state index in [4.69, 9.17) is 0 Å². The van der Waals surface area contributed by atoms with Gasteiger partial charge in [0.15, 0.2) is 0 Å². The normalized spacial score (nSPS) is 11.0. The third kappa shape index (κ3) is 4.20. The highest BCUT2D eigenvalue weighted by Gasteiger charge is 2.29. The fraction of sp³-hybridized carbons (Fsp3) is 0.143. The zero-order chi connectivity index (χ0) is 15.5. The first kappa shape index (κ1) is 14.8. The zero-order valence-electron chi connectivity index (χ0n) is 11.0. The molecule has 2 N–H and O–H groups in total. The van der Waals surface area contributed by atoms with Gasteiger partial charge < -0.3 is 5.32 Å². The van der Waals surface area contributed by atoms with E-state index < -0.39 is 17.8 Å². The Morgan fingerprint density at radius 3 is 2.24 bits per heavy atom. The number of hydrogen-bond donors (Lipinski definition) is 2. The SMILES string of the molecule is Cc1ccc(NC(=O)Nc2ccc(C(F)(F)F)cc2)nc1. The number of carbonyl (C=O) groups is 1. The van der Waals surface area contributed by atoms with Crippen LogP contribution in [0, 0.1) is 6.92 Å². The van der Waals surface area contributed by atoms with Crippen LogP contribution in [0.5, 0.6) is 0 Å². The van der Waals surface area contributed by atoms with Crippen LogP contribution in [0.15, 0.2) is 42.6 Å². The van der Waals surface area contributed by atoms with E-state index in [0.29, 0.717) is 5.82 Å². The topological polar surface area (TPSA) is 54.0 Å². The third-order valence-electron chi connectivity index (χ3n) is 2.62. The molecule has 1 heterocycles. The van der Waals surface area contributed by atoms with Gasteiger partial charge in [-0.15, -0.1) is 0 Å². The lowest BCUT2D eigenvalue weighted by molar-refractivity contribution is -0.137. The predicted molar refractivity (Wildman–Crippen MR) is 73.1 cm³/mol. The van der Waals surface area contributed by atoms with Crippen LogP contribution in [0.2, 0.25) is 0 Å². The monoisotopic (exact) mass is 295 g/mol. The fourth-order valence-corrected chi connectivity index (χ4v) is 1.56. The second-order valence-corrected chi connectivity index (χ2v) is 4.38. The predicted octanol–water partition coefficient (Wildman–Crippen LogP) is 4.05. The molecule has 2 rings (SSSR count). The van der Waals surface area contributed by atoms with E-state index in [2.05, 4.69) is 15.6 Å². The maximum Gasteiger partial charge on any atom is 0.416 e. The van der Waals surface area contributed by atoms with E-state index in [1.165, 1.54) is 12.1 Å². The van der Waals surface area contributed by atoms with Gasteiger partial charge in [0.25, 0.3) is 0 Å². The molecule has 0 aliphatic rings. The van der Waals surface area contributed by atoms with E-state index in [9.17, 15) is 18.0 Å². The lowest BCUT2D eigenvalue weighted by Gasteiger charge is -2.09. The molecule has 0 radical (unpaired) electrons. The molecule has 1 aromatic heterocycles. The minimum Gasteiger partial charge on any atom is -0.308 e. The van der Waals surface area contributed by atoms with Gasteiger partial charge in [-0.25, -0.2) is 9.78 Å². The number of rotatable bonds is 2. The van der Waals surface area contributed by atoms with Crippen LogP contribution in [0.1, 0.15) is 11.1 Å². The van der Waals surface area contributed by atoms with Gasteiger partial charge in [-0.1, -0.05) is 6.07 Å². The van der Waals surface area contributed by atoms with Gasteiger partial charge in [-0.2, -0.15) is 13.2 Å². The van der Waals surface area contributed by atoms with Crippen LogP contribution >= 0.6 is 0 Å². The number of anilines is 2. The van der Waals surface area contributed by atoms with Crippen LogP contribution in [0.4, 0.5) is 29.5 Å². The maximum absolute atomic E-state index is 12.4. The molecule has 0 unspecified atom stereocenters. The Hall–Kier alpha value is -2.57. The summed E-state index contributed by atoms with van der Waals surface area (Å²) in [6.07, 6.45) is -2.81. The zero-order valence-corrected chi connectivity index (χ0v) is 11.0. The summed E-state index contributed by atoms with van der Waals surface area (Å²) >= 11 is 0. The molecule has 0 saturated heterocycles. The summed E-state index contributed by atoms with van der Waals surface area (Å²) in [4.78, 5) is 15.6. The number of amides is 2. The number of aryl methyl sites for hydroxylation is 1. The minimum absolute atomic E-state index is 0.257. The summed E-state index contributed by atoms with van der Waals surface area (Å²) < 4.78 is 37.2. The molecule has 4 nitrogen and oxygen atoms in total. The molecule has 2 amide bonds. The average molecular weight is 295 g/mol. The molecule has 0 aliphatic heterocycles. The molecule has 7 heteroatoms.